The van der Waals surface area contributed by atoms with Crippen LogP contribution < -0.4 is 0 Å². The van der Waals surface area contributed by atoms with Gasteiger partial charge in [-0.15, -0.1) is 0 Å². The third kappa shape index (κ3) is 4.85. The Kier molecular flexibility index (Phi) is 5.06. The number of aromatic nitrogens is 1. The first-order valence-electron chi connectivity index (χ1n) is 6.42. The Bertz CT molecular complexity index is 843. The molecule has 0 spiro atoms. The predicted octanol–water partition coefficient (Wildman–Crippen LogP) is 4.75. The summed E-state index contributed by atoms with van der Waals surface area (Å²) in [7, 11) is -4.50. The molecule has 0 atom stereocenters. The largest absolute Gasteiger partial charge is 0.416 e. The van der Waals surface area contributed by atoms with E-state index in [2.05, 4.69) is 4.98 Å². The quantitative estimate of drug-likeness (QED) is 0.695. The van der Waals surface area contributed by atoms with Crippen molar-refractivity contribution in [3.05, 3.63) is 58.4 Å². The van der Waals surface area contributed by atoms with Gasteiger partial charge in [-0.1, -0.05) is 11.6 Å². The first kappa shape index (κ1) is 19.5. The zero-order valence-electron chi connectivity index (χ0n) is 12.0. The smallest absolute Gasteiger partial charge is 0.259 e. The van der Waals surface area contributed by atoms with Crippen molar-refractivity contribution in [2.75, 3.05) is 0 Å². The van der Waals surface area contributed by atoms with Crippen LogP contribution in [-0.2, 0) is 27.9 Å². The van der Waals surface area contributed by atoms with Crippen molar-refractivity contribution < 1.29 is 34.8 Å². The van der Waals surface area contributed by atoms with E-state index in [4.69, 9.17) is 11.6 Å². The SMILES string of the molecule is O=S(=O)(Cc1ccc(Cl)cn1)c1cc(C(F)(F)F)cc(C(F)(F)F)c1. The molecule has 25 heavy (non-hydrogen) atoms. The maximum atomic E-state index is 12.8. The number of hydrogen-bond donors (Lipinski definition) is 0. The van der Waals surface area contributed by atoms with E-state index < -0.39 is 44.0 Å². The van der Waals surface area contributed by atoms with Gasteiger partial charge in [0.1, 0.15) is 0 Å². The second kappa shape index (κ2) is 6.49. The van der Waals surface area contributed by atoms with E-state index in [1.807, 2.05) is 0 Å². The highest BCUT2D eigenvalue weighted by atomic mass is 35.5. The fourth-order valence-electron chi connectivity index (χ4n) is 1.88. The van der Waals surface area contributed by atoms with Crippen LogP contribution in [0.15, 0.2) is 41.4 Å². The summed E-state index contributed by atoms with van der Waals surface area (Å²) in [5.74, 6) is -0.872. The van der Waals surface area contributed by atoms with E-state index in [0.717, 1.165) is 6.20 Å². The minimum absolute atomic E-state index is 0.0737. The second-order valence-corrected chi connectivity index (χ2v) is 7.39. The zero-order chi connectivity index (χ0) is 19.0. The molecular weight excluding hydrogens is 396 g/mol. The third-order valence-corrected chi connectivity index (χ3v) is 4.90. The molecular formula is C14H8ClF6NO2S. The molecule has 0 unspecified atom stereocenters. The van der Waals surface area contributed by atoms with Crippen LogP contribution >= 0.6 is 11.6 Å². The Morgan fingerprint density at radius 3 is 1.84 bits per heavy atom. The van der Waals surface area contributed by atoms with Crippen molar-refractivity contribution in [2.24, 2.45) is 0 Å². The maximum Gasteiger partial charge on any atom is 0.416 e. The van der Waals surface area contributed by atoms with Crippen molar-refractivity contribution in [3.8, 4) is 0 Å². The van der Waals surface area contributed by atoms with Gasteiger partial charge >= 0.3 is 12.4 Å². The summed E-state index contributed by atoms with van der Waals surface area (Å²) in [6.45, 7) is 0. The molecule has 11 heteroatoms. The van der Waals surface area contributed by atoms with E-state index in [1.165, 1.54) is 12.1 Å². The fraction of sp³-hybridized carbons (Fsp3) is 0.214. The molecule has 0 saturated heterocycles. The Labute approximate surface area is 143 Å². The molecule has 3 nitrogen and oxygen atoms in total. The van der Waals surface area contributed by atoms with Crippen LogP contribution in [0.25, 0.3) is 0 Å². The molecule has 2 aromatic rings. The Balaban J connectivity index is 2.54. The lowest BCUT2D eigenvalue weighted by molar-refractivity contribution is -0.143. The summed E-state index contributed by atoms with van der Waals surface area (Å²) in [6.07, 6.45) is -9.16. The Hall–Kier alpha value is -1.81. The van der Waals surface area contributed by atoms with E-state index in [1.54, 1.807) is 0 Å². The van der Waals surface area contributed by atoms with Crippen molar-refractivity contribution in [2.45, 2.75) is 23.0 Å². The lowest BCUT2D eigenvalue weighted by Crippen LogP contribution is -2.14. The van der Waals surface area contributed by atoms with E-state index in [9.17, 15) is 34.8 Å². The predicted molar refractivity (Wildman–Crippen MR) is 76.6 cm³/mol. The van der Waals surface area contributed by atoms with Crippen LogP contribution in [0.3, 0.4) is 0 Å². The molecule has 0 amide bonds. The molecule has 0 bridgehead atoms. The molecule has 0 N–H and O–H groups in total. The average molecular weight is 404 g/mol. The second-order valence-electron chi connectivity index (χ2n) is 4.97. The minimum Gasteiger partial charge on any atom is -0.259 e. The Morgan fingerprint density at radius 1 is 0.920 bits per heavy atom. The van der Waals surface area contributed by atoms with Gasteiger partial charge in [-0.3, -0.25) is 4.98 Å². The van der Waals surface area contributed by atoms with Crippen LogP contribution in [0.5, 0.6) is 0 Å². The number of sulfone groups is 1. The first-order valence-corrected chi connectivity index (χ1v) is 8.45. The third-order valence-electron chi connectivity index (χ3n) is 3.05. The molecule has 0 radical (unpaired) electrons. The van der Waals surface area contributed by atoms with E-state index in [0.29, 0.717) is 0 Å². The van der Waals surface area contributed by atoms with Crippen molar-refractivity contribution in [1.82, 2.24) is 4.98 Å². The van der Waals surface area contributed by atoms with E-state index >= 15 is 0 Å². The number of alkyl halides is 6. The summed E-state index contributed by atoms with van der Waals surface area (Å²) in [5.41, 5.74) is -3.48. The number of benzene rings is 1. The van der Waals surface area contributed by atoms with Gasteiger partial charge in [-0.2, -0.15) is 26.3 Å². The molecule has 0 aliphatic heterocycles. The standard InChI is InChI=1S/C14H8ClF6NO2S/c15-10-1-2-11(22-6-10)7-25(23,24)12-4-8(13(16,17)18)3-9(5-12)14(19,20)21/h1-6H,7H2. The number of halogens is 7. The van der Waals surface area contributed by atoms with Crippen LogP contribution in [0.2, 0.25) is 5.02 Å². The van der Waals surface area contributed by atoms with Crippen molar-refractivity contribution in [1.29, 1.82) is 0 Å². The van der Waals surface area contributed by atoms with Crippen molar-refractivity contribution in [3.63, 3.8) is 0 Å². The lowest BCUT2D eigenvalue weighted by Gasteiger charge is -2.14. The minimum atomic E-state index is -5.13. The molecule has 1 aromatic carbocycles. The summed E-state index contributed by atoms with van der Waals surface area (Å²) >= 11 is 5.58. The monoisotopic (exact) mass is 403 g/mol. The Morgan fingerprint density at radius 2 is 1.44 bits per heavy atom. The first-order chi connectivity index (χ1) is 11.3. The van der Waals surface area contributed by atoms with Gasteiger partial charge in [-0.25, -0.2) is 8.42 Å². The molecule has 0 fully saturated rings. The summed E-state index contributed by atoms with van der Waals surface area (Å²) in [5, 5.41) is 0.194. The van der Waals surface area contributed by atoms with Gasteiger partial charge in [0.05, 0.1) is 32.5 Å². The van der Waals surface area contributed by atoms with Gasteiger partial charge in [0.25, 0.3) is 0 Å². The number of pyridine rings is 1. The van der Waals surface area contributed by atoms with Gasteiger partial charge in [0.2, 0.25) is 0 Å². The highest BCUT2D eigenvalue weighted by Crippen LogP contribution is 2.37. The summed E-state index contributed by atoms with van der Waals surface area (Å²) in [4.78, 5) is 2.58. The van der Waals surface area contributed by atoms with Crippen LogP contribution in [0.1, 0.15) is 16.8 Å². The molecule has 2 rings (SSSR count). The number of rotatable bonds is 3. The molecule has 1 aromatic heterocycles. The number of hydrogen-bond acceptors (Lipinski definition) is 3. The summed E-state index contributed by atoms with van der Waals surface area (Å²) < 4.78 is 101. The van der Waals surface area contributed by atoms with Crippen LogP contribution in [-0.4, -0.2) is 13.4 Å². The molecule has 0 saturated carbocycles. The molecule has 0 aliphatic carbocycles. The average Bonchev–Trinajstić information content (AvgIpc) is 2.47. The normalized spacial score (nSPS) is 13.1. The highest BCUT2D eigenvalue weighted by molar-refractivity contribution is 7.90. The number of nitrogens with zero attached hydrogens (tertiary/aromatic N) is 1. The van der Waals surface area contributed by atoms with Crippen molar-refractivity contribution >= 4 is 21.4 Å². The molecule has 1 heterocycles. The fourth-order valence-corrected chi connectivity index (χ4v) is 3.33. The lowest BCUT2D eigenvalue weighted by atomic mass is 10.1. The van der Waals surface area contributed by atoms with Gasteiger partial charge in [0, 0.05) is 6.20 Å². The van der Waals surface area contributed by atoms with Gasteiger partial charge < -0.3 is 0 Å². The zero-order valence-corrected chi connectivity index (χ0v) is 13.6. The molecule has 136 valence electrons. The maximum absolute atomic E-state index is 12.8. The van der Waals surface area contributed by atoms with E-state index in [-0.39, 0.29) is 28.9 Å². The van der Waals surface area contributed by atoms with Gasteiger partial charge in [0.15, 0.2) is 9.84 Å². The highest BCUT2D eigenvalue weighted by Gasteiger charge is 2.38. The summed E-state index contributed by atoms with van der Waals surface area (Å²) in [6, 6.07) is 2.70. The van der Waals surface area contributed by atoms with Crippen LogP contribution in [0, 0.1) is 0 Å². The van der Waals surface area contributed by atoms with Crippen LogP contribution in [0.4, 0.5) is 26.3 Å². The van der Waals surface area contributed by atoms with Gasteiger partial charge in [-0.05, 0) is 30.3 Å². The topological polar surface area (TPSA) is 47.0 Å². The molecule has 0 aliphatic rings.